The van der Waals surface area contributed by atoms with Gasteiger partial charge >= 0.3 is 0 Å². The third-order valence-electron chi connectivity index (χ3n) is 5.62. The summed E-state index contributed by atoms with van der Waals surface area (Å²) in [5, 5.41) is 8.19. The van der Waals surface area contributed by atoms with Gasteiger partial charge in [0.2, 0.25) is 0 Å². The molecule has 3 heterocycles. The van der Waals surface area contributed by atoms with E-state index >= 15 is 0 Å². The van der Waals surface area contributed by atoms with Crippen LogP contribution in [0.1, 0.15) is 11.1 Å². The van der Waals surface area contributed by atoms with Gasteiger partial charge in [-0.1, -0.05) is 35.9 Å². The maximum atomic E-state index is 4.64. The van der Waals surface area contributed by atoms with Crippen LogP contribution in [0.5, 0.6) is 0 Å². The number of piperazine rings is 1. The van der Waals surface area contributed by atoms with E-state index in [0.29, 0.717) is 0 Å². The van der Waals surface area contributed by atoms with Crippen molar-refractivity contribution >= 4 is 16.7 Å². The smallest absolute Gasteiger partial charge is 0.139 e. The maximum Gasteiger partial charge on any atom is 0.139 e. The maximum absolute atomic E-state index is 4.64. The Morgan fingerprint density at radius 1 is 0.931 bits per heavy atom. The minimum absolute atomic E-state index is 0.965. The Morgan fingerprint density at radius 3 is 2.52 bits per heavy atom. The van der Waals surface area contributed by atoms with E-state index in [1.54, 1.807) is 12.5 Å². The van der Waals surface area contributed by atoms with E-state index in [2.05, 4.69) is 79.4 Å². The second-order valence-electron chi connectivity index (χ2n) is 7.65. The van der Waals surface area contributed by atoms with Crippen LogP contribution in [0.25, 0.3) is 22.2 Å². The van der Waals surface area contributed by atoms with E-state index in [9.17, 15) is 0 Å². The van der Waals surface area contributed by atoms with Crippen molar-refractivity contribution in [3.63, 3.8) is 0 Å². The van der Waals surface area contributed by atoms with Gasteiger partial charge in [-0.15, -0.1) is 0 Å². The van der Waals surface area contributed by atoms with Crippen LogP contribution in [0, 0.1) is 6.92 Å². The number of aromatic nitrogens is 4. The van der Waals surface area contributed by atoms with Crippen molar-refractivity contribution in [1.82, 2.24) is 25.1 Å². The molecule has 5 rings (SSSR count). The van der Waals surface area contributed by atoms with Gasteiger partial charge in [-0.25, -0.2) is 9.97 Å². The van der Waals surface area contributed by atoms with Gasteiger partial charge in [0.1, 0.15) is 12.1 Å². The Hall–Kier alpha value is -3.25. The highest BCUT2D eigenvalue weighted by Crippen LogP contribution is 2.28. The molecule has 1 aliphatic rings. The highest BCUT2D eigenvalue weighted by molar-refractivity contribution is 5.92. The van der Waals surface area contributed by atoms with Crippen LogP contribution < -0.4 is 4.90 Å². The van der Waals surface area contributed by atoms with Crippen molar-refractivity contribution in [1.29, 1.82) is 0 Å². The van der Waals surface area contributed by atoms with E-state index in [0.717, 1.165) is 60.7 Å². The zero-order valence-corrected chi connectivity index (χ0v) is 16.5. The summed E-state index contributed by atoms with van der Waals surface area (Å²) in [6.45, 7) is 7.12. The van der Waals surface area contributed by atoms with Crippen LogP contribution in [0.4, 0.5) is 5.82 Å². The van der Waals surface area contributed by atoms with Crippen molar-refractivity contribution in [2.45, 2.75) is 13.5 Å². The number of benzene rings is 2. The fourth-order valence-electron chi connectivity index (χ4n) is 3.95. The highest BCUT2D eigenvalue weighted by Gasteiger charge is 2.20. The molecule has 4 aromatic rings. The quantitative estimate of drug-likeness (QED) is 0.582. The zero-order valence-electron chi connectivity index (χ0n) is 16.5. The Morgan fingerprint density at radius 2 is 1.76 bits per heavy atom. The molecule has 1 saturated heterocycles. The summed E-state index contributed by atoms with van der Waals surface area (Å²) in [7, 11) is 0. The van der Waals surface area contributed by atoms with Gasteiger partial charge in [-0.2, -0.15) is 5.10 Å². The first kappa shape index (κ1) is 17.8. The molecular formula is C23H24N6. The number of aromatic amines is 1. The van der Waals surface area contributed by atoms with Crippen LogP contribution in [-0.2, 0) is 6.54 Å². The number of fused-ring (bicyclic) bond motifs is 1. The highest BCUT2D eigenvalue weighted by atomic mass is 15.3. The van der Waals surface area contributed by atoms with Crippen molar-refractivity contribution < 1.29 is 0 Å². The fourth-order valence-corrected chi connectivity index (χ4v) is 3.95. The summed E-state index contributed by atoms with van der Waals surface area (Å²) in [5.74, 6) is 1.02. The lowest BCUT2D eigenvalue weighted by Gasteiger charge is -2.35. The van der Waals surface area contributed by atoms with Crippen LogP contribution >= 0.6 is 0 Å². The molecule has 0 spiro atoms. The summed E-state index contributed by atoms with van der Waals surface area (Å²) in [4.78, 5) is 14.0. The number of H-pyrrole nitrogens is 1. The van der Waals surface area contributed by atoms with Crippen LogP contribution in [0.2, 0.25) is 0 Å². The Bertz CT molecular complexity index is 1100. The van der Waals surface area contributed by atoms with E-state index in [-0.39, 0.29) is 0 Å². The van der Waals surface area contributed by atoms with Crippen molar-refractivity contribution in [2.24, 2.45) is 0 Å². The molecule has 0 unspecified atom stereocenters. The number of rotatable bonds is 4. The Balaban J connectivity index is 1.35. The second kappa shape index (κ2) is 7.64. The lowest BCUT2D eigenvalue weighted by molar-refractivity contribution is 0.249. The number of anilines is 1. The second-order valence-corrected chi connectivity index (χ2v) is 7.65. The molecule has 29 heavy (non-hydrogen) atoms. The monoisotopic (exact) mass is 384 g/mol. The van der Waals surface area contributed by atoms with Gasteiger partial charge in [0.25, 0.3) is 0 Å². The molecule has 2 aromatic carbocycles. The van der Waals surface area contributed by atoms with Crippen molar-refractivity contribution in [3.8, 4) is 11.3 Å². The Labute approximate surface area is 170 Å². The predicted molar refractivity (Wildman–Crippen MR) is 116 cm³/mol. The van der Waals surface area contributed by atoms with Gasteiger partial charge in [0.15, 0.2) is 0 Å². The van der Waals surface area contributed by atoms with E-state index in [1.165, 1.54) is 11.1 Å². The summed E-state index contributed by atoms with van der Waals surface area (Å²) in [5.41, 5.74) is 5.76. The molecule has 146 valence electrons. The number of nitrogens with zero attached hydrogens (tertiary/aromatic N) is 5. The molecule has 0 bridgehead atoms. The van der Waals surface area contributed by atoms with Crippen LogP contribution in [0.15, 0.2) is 61.1 Å². The largest absolute Gasteiger partial charge is 0.353 e. The third kappa shape index (κ3) is 3.71. The normalized spacial score (nSPS) is 15.1. The molecule has 1 aliphatic heterocycles. The molecular weight excluding hydrogens is 360 g/mol. The molecule has 0 radical (unpaired) electrons. The zero-order chi connectivity index (χ0) is 19.6. The topological polar surface area (TPSA) is 60.9 Å². The molecule has 0 saturated carbocycles. The van der Waals surface area contributed by atoms with Gasteiger partial charge in [0.05, 0.1) is 11.2 Å². The molecule has 6 heteroatoms. The SMILES string of the molecule is Cc1ccc(CN2CCN(c3ncnc4ccc(-c5ccn[nH]5)cc34)CC2)cc1. The van der Waals surface area contributed by atoms with E-state index in [4.69, 9.17) is 0 Å². The first-order chi connectivity index (χ1) is 14.3. The average Bonchev–Trinajstić information content (AvgIpc) is 3.30. The van der Waals surface area contributed by atoms with Crippen LogP contribution in [0.3, 0.4) is 0 Å². The van der Waals surface area contributed by atoms with Gasteiger partial charge in [-0.3, -0.25) is 10.00 Å². The molecule has 0 atom stereocenters. The summed E-state index contributed by atoms with van der Waals surface area (Å²) in [6, 6.07) is 17.1. The number of hydrogen-bond donors (Lipinski definition) is 1. The lowest BCUT2D eigenvalue weighted by atomic mass is 10.1. The number of hydrogen-bond acceptors (Lipinski definition) is 5. The number of nitrogens with one attached hydrogen (secondary N) is 1. The fraction of sp³-hybridized carbons (Fsp3) is 0.261. The standard InChI is InChI=1S/C23H24N6/c1-17-2-4-18(5-3-17)15-28-10-12-29(13-11-28)23-20-14-19(21-8-9-26-27-21)6-7-22(20)24-16-25-23/h2-9,14,16H,10-13,15H2,1H3,(H,26,27). The lowest BCUT2D eigenvalue weighted by Crippen LogP contribution is -2.46. The minimum atomic E-state index is 0.965. The minimum Gasteiger partial charge on any atom is -0.353 e. The summed E-state index contributed by atoms with van der Waals surface area (Å²) < 4.78 is 0. The van der Waals surface area contributed by atoms with Crippen LogP contribution in [-0.4, -0.2) is 51.2 Å². The Kier molecular flexibility index (Phi) is 4.69. The third-order valence-corrected chi connectivity index (χ3v) is 5.62. The van der Waals surface area contributed by atoms with E-state index < -0.39 is 0 Å². The molecule has 1 fully saturated rings. The van der Waals surface area contributed by atoms with Crippen molar-refractivity contribution in [3.05, 3.63) is 72.2 Å². The predicted octanol–water partition coefficient (Wildman–Crippen LogP) is 3.65. The van der Waals surface area contributed by atoms with Gasteiger partial charge in [0, 0.05) is 49.9 Å². The molecule has 2 aromatic heterocycles. The summed E-state index contributed by atoms with van der Waals surface area (Å²) >= 11 is 0. The summed E-state index contributed by atoms with van der Waals surface area (Å²) in [6.07, 6.45) is 3.45. The first-order valence-electron chi connectivity index (χ1n) is 10.0. The van der Waals surface area contributed by atoms with E-state index in [1.807, 2.05) is 6.07 Å². The molecule has 1 N–H and O–H groups in total. The molecule has 0 amide bonds. The number of aryl methyl sites for hydroxylation is 1. The van der Waals surface area contributed by atoms with Gasteiger partial charge in [-0.05, 0) is 30.7 Å². The van der Waals surface area contributed by atoms with Gasteiger partial charge < -0.3 is 4.90 Å². The average molecular weight is 384 g/mol. The molecule has 0 aliphatic carbocycles. The van der Waals surface area contributed by atoms with Crippen molar-refractivity contribution in [2.75, 3.05) is 31.1 Å². The molecule has 6 nitrogen and oxygen atoms in total. The first-order valence-corrected chi connectivity index (χ1v) is 10.0.